The third kappa shape index (κ3) is 9.96. The van der Waals surface area contributed by atoms with Gasteiger partial charge in [-0.25, -0.2) is 8.42 Å². The topological polar surface area (TPSA) is 34.1 Å². The van der Waals surface area contributed by atoms with Gasteiger partial charge in [0, 0.05) is 11.6 Å². The van der Waals surface area contributed by atoms with Crippen molar-refractivity contribution in [1.29, 1.82) is 0 Å². The monoisotopic (exact) mass is 150 g/mol. The minimum absolute atomic E-state index is 0. The number of hydrogen-bond acceptors (Lipinski definition) is 2. The van der Waals surface area contributed by atoms with Gasteiger partial charge in [-0.05, 0) is 6.42 Å². The molecule has 0 rings (SSSR count). The standard InChI is InChI=1S/C3H7ClO2S.Li.H/c4-2-1-3-7(5)6;;/h7H,1-3H2;;. The van der Waals surface area contributed by atoms with Crippen molar-refractivity contribution in [3.63, 3.8) is 0 Å². The van der Waals surface area contributed by atoms with Gasteiger partial charge in [0.2, 0.25) is 0 Å². The normalized spacial score (nSPS) is 8.75. The van der Waals surface area contributed by atoms with Crippen LogP contribution in [0.2, 0.25) is 0 Å². The van der Waals surface area contributed by atoms with Crippen LogP contribution in [0.15, 0.2) is 0 Å². The van der Waals surface area contributed by atoms with E-state index >= 15 is 0 Å². The molecule has 0 amide bonds. The maximum absolute atomic E-state index is 9.74. The summed E-state index contributed by atoms with van der Waals surface area (Å²) in [5.74, 6) is 0.655. The van der Waals surface area contributed by atoms with Crippen molar-refractivity contribution in [2.45, 2.75) is 6.42 Å². The SMILES string of the molecule is O=[SH](=O)CCCCl.[LiH]. The maximum atomic E-state index is 9.74. The first-order valence-corrected chi connectivity index (χ1v) is 3.85. The van der Waals surface area contributed by atoms with E-state index in [4.69, 9.17) is 11.6 Å². The zero-order chi connectivity index (χ0) is 5.70. The first-order valence-electron chi connectivity index (χ1n) is 1.95. The van der Waals surface area contributed by atoms with Gasteiger partial charge in [-0.15, -0.1) is 11.6 Å². The summed E-state index contributed by atoms with van der Waals surface area (Å²) < 4.78 is 19.5. The Balaban J connectivity index is 0. The van der Waals surface area contributed by atoms with Crippen molar-refractivity contribution in [1.82, 2.24) is 0 Å². The quantitative estimate of drug-likeness (QED) is 0.337. The van der Waals surface area contributed by atoms with E-state index in [1.54, 1.807) is 0 Å². The first-order chi connectivity index (χ1) is 3.27. The number of halogens is 1. The summed E-state index contributed by atoms with van der Waals surface area (Å²) in [6, 6.07) is 0. The molecular weight excluding hydrogens is 142 g/mol. The van der Waals surface area contributed by atoms with E-state index in [-0.39, 0.29) is 24.6 Å². The van der Waals surface area contributed by atoms with Crippen LogP contribution in [0.5, 0.6) is 0 Å². The van der Waals surface area contributed by atoms with Gasteiger partial charge < -0.3 is 0 Å². The van der Waals surface area contributed by atoms with Crippen LogP contribution in [0.1, 0.15) is 6.42 Å². The summed E-state index contributed by atoms with van der Waals surface area (Å²) in [6.07, 6.45) is 0.570. The number of hydrogen-bond donors (Lipinski definition) is 1. The Labute approximate surface area is 67.7 Å². The van der Waals surface area contributed by atoms with Crippen LogP contribution in [0.3, 0.4) is 0 Å². The molecule has 0 bridgehead atoms. The van der Waals surface area contributed by atoms with Gasteiger partial charge in [0.1, 0.15) is 10.7 Å². The Morgan fingerprint density at radius 1 is 1.38 bits per heavy atom. The van der Waals surface area contributed by atoms with Gasteiger partial charge >= 0.3 is 18.9 Å². The third-order valence-electron chi connectivity index (χ3n) is 0.474. The molecule has 0 aliphatic carbocycles. The fourth-order valence-electron chi connectivity index (χ4n) is 0.189. The van der Waals surface area contributed by atoms with Gasteiger partial charge in [-0.3, -0.25) is 0 Å². The van der Waals surface area contributed by atoms with E-state index in [0.29, 0.717) is 12.3 Å². The molecule has 0 atom stereocenters. The van der Waals surface area contributed by atoms with E-state index in [9.17, 15) is 8.42 Å². The van der Waals surface area contributed by atoms with E-state index in [2.05, 4.69) is 0 Å². The molecule has 0 fully saturated rings. The summed E-state index contributed by atoms with van der Waals surface area (Å²) in [7, 11) is -2.19. The number of rotatable bonds is 3. The average Bonchev–Trinajstić information content (AvgIpc) is 1.61. The third-order valence-corrected chi connectivity index (χ3v) is 1.42. The molecule has 8 heavy (non-hydrogen) atoms. The van der Waals surface area contributed by atoms with Crippen LogP contribution < -0.4 is 0 Å². The first kappa shape index (κ1) is 11.6. The summed E-state index contributed by atoms with van der Waals surface area (Å²) in [5.41, 5.74) is 0. The molecule has 0 saturated carbocycles. The zero-order valence-corrected chi connectivity index (χ0v) is 5.41. The van der Waals surface area contributed by atoms with Crippen LogP contribution in [0, 0.1) is 0 Å². The minimum atomic E-state index is -2.19. The molecule has 0 radical (unpaired) electrons. The van der Waals surface area contributed by atoms with Gasteiger partial charge in [-0.1, -0.05) is 0 Å². The van der Waals surface area contributed by atoms with Crippen molar-refractivity contribution in [2.24, 2.45) is 0 Å². The molecule has 0 unspecified atom stereocenters. The molecule has 46 valence electrons. The van der Waals surface area contributed by atoms with Crippen LogP contribution in [0.4, 0.5) is 0 Å². The molecule has 2 nitrogen and oxygen atoms in total. The molecule has 0 aliphatic rings. The van der Waals surface area contributed by atoms with Crippen molar-refractivity contribution in [3.05, 3.63) is 0 Å². The zero-order valence-electron chi connectivity index (χ0n) is 3.76. The fourth-order valence-corrected chi connectivity index (χ4v) is 0.925. The van der Waals surface area contributed by atoms with E-state index < -0.39 is 10.7 Å². The van der Waals surface area contributed by atoms with Gasteiger partial charge in [0.15, 0.2) is 0 Å². The summed E-state index contributed by atoms with van der Waals surface area (Å²) in [5, 5.41) is 0. The van der Waals surface area contributed by atoms with Crippen LogP contribution >= 0.6 is 11.6 Å². The molecule has 0 aromatic heterocycles. The average molecular weight is 151 g/mol. The molecule has 0 aliphatic heterocycles. The predicted octanol–water partition coefficient (Wildman–Crippen LogP) is -0.422. The summed E-state index contributed by atoms with van der Waals surface area (Å²) in [6.45, 7) is 0. The van der Waals surface area contributed by atoms with Crippen LogP contribution in [-0.2, 0) is 10.7 Å². The van der Waals surface area contributed by atoms with E-state index in [1.165, 1.54) is 0 Å². The Hall–Kier alpha value is 0.837. The van der Waals surface area contributed by atoms with Gasteiger partial charge in [-0.2, -0.15) is 0 Å². The van der Waals surface area contributed by atoms with E-state index in [0.717, 1.165) is 0 Å². The van der Waals surface area contributed by atoms with E-state index in [1.807, 2.05) is 0 Å². The number of alkyl halides is 1. The van der Waals surface area contributed by atoms with Gasteiger partial charge in [0.05, 0.1) is 0 Å². The van der Waals surface area contributed by atoms with Crippen molar-refractivity contribution in [3.8, 4) is 0 Å². The molecule has 0 spiro atoms. The van der Waals surface area contributed by atoms with Crippen molar-refractivity contribution >= 4 is 41.2 Å². The molecule has 0 aromatic rings. The van der Waals surface area contributed by atoms with Gasteiger partial charge in [0.25, 0.3) is 0 Å². The van der Waals surface area contributed by atoms with Crippen LogP contribution in [-0.4, -0.2) is 38.9 Å². The Bertz CT molecular complexity index is 95.5. The van der Waals surface area contributed by atoms with Crippen molar-refractivity contribution < 1.29 is 8.42 Å². The van der Waals surface area contributed by atoms with Crippen molar-refractivity contribution in [2.75, 3.05) is 11.6 Å². The molecule has 0 N–H and O–H groups in total. The fraction of sp³-hybridized carbons (Fsp3) is 1.00. The predicted molar refractivity (Wildman–Crippen MR) is 37.7 cm³/mol. The molecule has 5 heteroatoms. The molecule has 0 aromatic carbocycles. The Morgan fingerprint density at radius 2 is 1.88 bits per heavy atom. The Morgan fingerprint density at radius 3 is 2.00 bits per heavy atom. The molecular formula is C3H8ClLiO2S. The summed E-state index contributed by atoms with van der Waals surface area (Å²) in [4.78, 5) is 0. The second-order valence-corrected chi connectivity index (χ2v) is 2.59. The second-order valence-electron chi connectivity index (χ2n) is 1.10. The Kier molecular flexibility index (Phi) is 11.4. The molecule has 0 saturated heterocycles. The summed E-state index contributed by atoms with van der Waals surface area (Å²) >= 11 is 5.18. The number of thiol groups is 1. The molecule has 0 heterocycles. The van der Waals surface area contributed by atoms with Crippen LogP contribution in [0.25, 0.3) is 0 Å². The second kappa shape index (κ2) is 7.84.